The van der Waals surface area contributed by atoms with E-state index >= 15 is 0 Å². The minimum Gasteiger partial charge on any atom is -0.495 e. The number of piperazine rings is 1. The monoisotopic (exact) mass is 569 g/mol. The van der Waals surface area contributed by atoms with Gasteiger partial charge in [-0.3, -0.25) is 4.79 Å². The Morgan fingerprint density at radius 1 is 0.854 bits per heavy atom. The molecule has 2 N–H and O–H groups in total. The van der Waals surface area contributed by atoms with Gasteiger partial charge in [-0.1, -0.05) is 24.3 Å². The van der Waals surface area contributed by atoms with Gasteiger partial charge < -0.3 is 30.1 Å². The summed E-state index contributed by atoms with van der Waals surface area (Å²) in [6.07, 6.45) is -4.62. The zero-order valence-electron chi connectivity index (χ0n) is 23.3. The quantitative estimate of drug-likeness (QED) is 0.340. The number of para-hydroxylation sites is 3. The van der Waals surface area contributed by atoms with Gasteiger partial charge in [-0.25, -0.2) is 4.79 Å². The van der Waals surface area contributed by atoms with Gasteiger partial charge in [-0.05, 0) is 56.3 Å². The summed E-state index contributed by atoms with van der Waals surface area (Å²) in [5.41, 5.74) is 1.13. The van der Waals surface area contributed by atoms with Crippen LogP contribution < -0.4 is 25.2 Å². The molecule has 4 rings (SSSR count). The molecule has 218 valence electrons. The first-order chi connectivity index (χ1) is 19.7. The largest absolute Gasteiger partial charge is 0.495 e. The Bertz CT molecular complexity index is 1370. The van der Waals surface area contributed by atoms with Gasteiger partial charge in [-0.2, -0.15) is 13.2 Å². The number of carbonyl (C=O) groups excluding carboxylic acids is 2. The molecule has 0 unspecified atom stereocenters. The molecule has 8 nitrogen and oxygen atoms in total. The maximum atomic E-state index is 13.5. The summed E-state index contributed by atoms with van der Waals surface area (Å²) in [4.78, 5) is 32.3. The molecule has 3 amide bonds. The molecule has 0 spiro atoms. The molecule has 1 aliphatic heterocycles. The summed E-state index contributed by atoms with van der Waals surface area (Å²) in [7, 11) is 1.64. The SMILES string of the molecule is CCN(CC)C(=O)c1cc(NC(=O)Nc2ccccc2C(F)(F)F)ccc1N1CCN(c2ccccc2OC)CC1. The molecule has 1 aliphatic rings. The van der Waals surface area contributed by atoms with Crippen LogP contribution in [0.25, 0.3) is 0 Å². The van der Waals surface area contributed by atoms with Crippen LogP contribution in [0.5, 0.6) is 5.75 Å². The number of anilines is 4. The fraction of sp³-hybridized carbons (Fsp3) is 0.333. The normalized spacial score (nSPS) is 13.5. The molecule has 1 fully saturated rings. The molecule has 1 saturated heterocycles. The van der Waals surface area contributed by atoms with Gasteiger partial charge in [0.1, 0.15) is 5.75 Å². The highest BCUT2D eigenvalue weighted by atomic mass is 19.4. The van der Waals surface area contributed by atoms with Gasteiger partial charge in [0.15, 0.2) is 0 Å². The first kappa shape index (κ1) is 29.6. The third-order valence-electron chi connectivity index (χ3n) is 7.06. The van der Waals surface area contributed by atoms with Crippen LogP contribution in [0.2, 0.25) is 0 Å². The van der Waals surface area contributed by atoms with E-state index in [4.69, 9.17) is 4.74 Å². The van der Waals surface area contributed by atoms with Crippen molar-refractivity contribution in [2.24, 2.45) is 0 Å². The second-order valence-corrected chi connectivity index (χ2v) is 9.48. The van der Waals surface area contributed by atoms with Crippen LogP contribution in [-0.2, 0) is 6.18 Å². The van der Waals surface area contributed by atoms with Crippen LogP contribution in [0.3, 0.4) is 0 Å². The van der Waals surface area contributed by atoms with Crippen molar-refractivity contribution < 1.29 is 27.5 Å². The third kappa shape index (κ3) is 6.85. The highest BCUT2D eigenvalue weighted by Crippen LogP contribution is 2.35. The number of urea groups is 1. The number of ether oxygens (including phenoxy) is 1. The van der Waals surface area contributed by atoms with E-state index in [1.54, 1.807) is 30.2 Å². The van der Waals surface area contributed by atoms with Crippen LogP contribution in [0.1, 0.15) is 29.8 Å². The number of hydrogen-bond acceptors (Lipinski definition) is 5. The summed E-state index contributed by atoms with van der Waals surface area (Å²) in [5.74, 6) is 0.605. The smallest absolute Gasteiger partial charge is 0.418 e. The summed E-state index contributed by atoms with van der Waals surface area (Å²) in [6.45, 7) is 7.50. The van der Waals surface area contributed by atoms with Gasteiger partial charge >= 0.3 is 12.2 Å². The van der Waals surface area contributed by atoms with Crippen LogP contribution in [0.15, 0.2) is 66.7 Å². The van der Waals surface area contributed by atoms with Gasteiger partial charge in [0.25, 0.3) is 5.91 Å². The number of carbonyl (C=O) groups is 2. The number of methoxy groups -OCH3 is 1. The molecule has 0 atom stereocenters. The standard InChI is InChI=1S/C30H34F3N5O3/c1-4-36(5-2)28(39)22-20-21(34-29(40)35-24-11-7-6-10-23(24)30(31,32)33)14-15-25(22)37-16-18-38(19-17-37)26-12-8-9-13-27(26)41-3/h6-15,20H,4-5,16-19H2,1-3H3,(H2,34,35,40). The van der Waals surface area contributed by atoms with Crippen molar-refractivity contribution in [3.63, 3.8) is 0 Å². The number of benzene rings is 3. The lowest BCUT2D eigenvalue weighted by Crippen LogP contribution is -2.47. The van der Waals surface area contributed by atoms with Crippen molar-refractivity contribution in [2.75, 3.05) is 66.8 Å². The second kappa shape index (κ2) is 12.8. The Kier molecular flexibility index (Phi) is 9.26. The molecule has 0 aromatic heterocycles. The van der Waals surface area contributed by atoms with E-state index in [2.05, 4.69) is 20.4 Å². The lowest BCUT2D eigenvalue weighted by atomic mass is 10.1. The number of nitrogens with zero attached hydrogens (tertiary/aromatic N) is 3. The van der Waals surface area contributed by atoms with Crippen molar-refractivity contribution in [2.45, 2.75) is 20.0 Å². The molecule has 11 heteroatoms. The molecule has 0 saturated carbocycles. The maximum absolute atomic E-state index is 13.5. The lowest BCUT2D eigenvalue weighted by molar-refractivity contribution is -0.136. The highest BCUT2D eigenvalue weighted by molar-refractivity contribution is 6.04. The summed E-state index contributed by atoms with van der Waals surface area (Å²) < 4.78 is 45.6. The van der Waals surface area contributed by atoms with E-state index in [1.165, 1.54) is 18.2 Å². The minimum atomic E-state index is -4.62. The Morgan fingerprint density at radius 3 is 2.10 bits per heavy atom. The van der Waals surface area contributed by atoms with Crippen LogP contribution in [-0.4, -0.2) is 63.2 Å². The van der Waals surface area contributed by atoms with Gasteiger partial charge in [0, 0.05) is 50.6 Å². The molecule has 1 heterocycles. The Labute approximate surface area is 237 Å². The summed E-state index contributed by atoms with van der Waals surface area (Å²) >= 11 is 0. The maximum Gasteiger partial charge on any atom is 0.418 e. The van der Waals surface area contributed by atoms with E-state index < -0.39 is 17.8 Å². The van der Waals surface area contributed by atoms with Crippen molar-refractivity contribution in [1.82, 2.24) is 4.90 Å². The predicted octanol–water partition coefficient (Wildman–Crippen LogP) is 6.17. The first-order valence-electron chi connectivity index (χ1n) is 13.5. The van der Waals surface area contributed by atoms with Gasteiger partial charge in [0.2, 0.25) is 0 Å². The molecule has 0 aliphatic carbocycles. The Hall–Kier alpha value is -4.41. The van der Waals surface area contributed by atoms with Crippen molar-refractivity contribution in [3.8, 4) is 5.75 Å². The second-order valence-electron chi connectivity index (χ2n) is 9.48. The third-order valence-corrected chi connectivity index (χ3v) is 7.06. The Balaban J connectivity index is 1.55. The summed E-state index contributed by atoms with van der Waals surface area (Å²) in [5, 5.41) is 4.86. The zero-order chi connectivity index (χ0) is 29.6. The van der Waals surface area contributed by atoms with Crippen molar-refractivity contribution >= 4 is 34.7 Å². The first-order valence-corrected chi connectivity index (χ1v) is 13.5. The lowest BCUT2D eigenvalue weighted by Gasteiger charge is -2.38. The molecular formula is C30H34F3N5O3. The fourth-order valence-corrected chi connectivity index (χ4v) is 4.95. The van der Waals surface area contributed by atoms with E-state index in [-0.39, 0.29) is 11.6 Å². The van der Waals surface area contributed by atoms with Crippen LogP contribution >= 0.6 is 0 Å². The number of halogens is 3. The highest BCUT2D eigenvalue weighted by Gasteiger charge is 2.33. The van der Waals surface area contributed by atoms with Crippen LogP contribution in [0.4, 0.5) is 40.7 Å². The topological polar surface area (TPSA) is 77.2 Å². The number of rotatable bonds is 8. The van der Waals surface area contributed by atoms with E-state index in [1.807, 2.05) is 38.1 Å². The van der Waals surface area contributed by atoms with Crippen molar-refractivity contribution in [3.05, 3.63) is 77.9 Å². The van der Waals surface area contributed by atoms with Gasteiger partial charge in [-0.15, -0.1) is 0 Å². The average Bonchev–Trinajstić information content (AvgIpc) is 2.97. The number of hydrogen-bond donors (Lipinski definition) is 2. The molecule has 41 heavy (non-hydrogen) atoms. The van der Waals surface area contributed by atoms with Crippen molar-refractivity contribution in [1.29, 1.82) is 0 Å². The van der Waals surface area contributed by atoms with Gasteiger partial charge in [0.05, 0.1) is 29.6 Å². The van der Waals surface area contributed by atoms with E-state index in [0.29, 0.717) is 50.5 Å². The number of amides is 3. The Morgan fingerprint density at radius 2 is 1.46 bits per heavy atom. The number of alkyl halides is 3. The fourth-order valence-electron chi connectivity index (χ4n) is 4.95. The van der Waals surface area contributed by atoms with E-state index in [0.717, 1.165) is 23.2 Å². The molecule has 3 aromatic rings. The molecule has 3 aromatic carbocycles. The average molecular weight is 570 g/mol. The van der Waals surface area contributed by atoms with Crippen LogP contribution in [0, 0.1) is 0 Å². The molecule has 0 radical (unpaired) electrons. The van der Waals surface area contributed by atoms with E-state index in [9.17, 15) is 22.8 Å². The minimum absolute atomic E-state index is 0.191. The predicted molar refractivity (Wildman–Crippen MR) is 155 cm³/mol. The molecule has 0 bridgehead atoms. The summed E-state index contributed by atoms with van der Waals surface area (Å²) in [6, 6.07) is 16.7. The molecular weight excluding hydrogens is 535 g/mol. The zero-order valence-corrected chi connectivity index (χ0v) is 23.3. The number of nitrogens with one attached hydrogen (secondary N) is 2.